The van der Waals surface area contributed by atoms with E-state index in [1.807, 2.05) is 4.57 Å². The van der Waals surface area contributed by atoms with Crippen molar-refractivity contribution in [3.05, 3.63) is 10.6 Å². The highest BCUT2D eigenvalue weighted by atomic mass is 32.1. The van der Waals surface area contributed by atoms with Crippen LogP contribution in [0.4, 0.5) is 0 Å². The summed E-state index contributed by atoms with van der Waals surface area (Å²) >= 11 is 5.20. The van der Waals surface area contributed by atoms with Crippen LogP contribution in [0, 0.1) is 4.77 Å². The lowest BCUT2D eigenvalue weighted by Gasteiger charge is -2.16. The van der Waals surface area contributed by atoms with Gasteiger partial charge in [0.2, 0.25) is 5.91 Å². The third-order valence-electron chi connectivity index (χ3n) is 3.83. The smallest absolute Gasteiger partial charge is 0.240 e. The molecule has 1 aliphatic carbocycles. The highest BCUT2D eigenvalue weighted by molar-refractivity contribution is 7.71. The predicted octanol–water partition coefficient (Wildman–Crippen LogP) is 2.73. The van der Waals surface area contributed by atoms with Gasteiger partial charge in [-0.2, -0.15) is 5.10 Å². The van der Waals surface area contributed by atoms with Crippen LogP contribution in [0.5, 0.6) is 0 Å². The van der Waals surface area contributed by atoms with E-state index in [4.69, 9.17) is 12.2 Å². The molecule has 0 saturated heterocycles. The van der Waals surface area contributed by atoms with Crippen LogP contribution in [0.2, 0.25) is 0 Å². The van der Waals surface area contributed by atoms with Gasteiger partial charge < -0.3 is 5.32 Å². The molecule has 0 radical (unpaired) electrons. The number of aromatic nitrogens is 3. The Morgan fingerprint density at radius 3 is 2.75 bits per heavy atom. The van der Waals surface area contributed by atoms with Gasteiger partial charge in [0.15, 0.2) is 4.77 Å². The van der Waals surface area contributed by atoms with Crippen molar-refractivity contribution in [2.75, 3.05) is 0 Å². The lowest BCUT2D eigenvalue weighted by molar-refractivity contribution is -0.122. The number of hydrogen-bond acceptors (Lipinski definition) is 3. The van der Waals surface area contributed by atoms with Gasteiger partial charge >= 0.3 is 0 Å². The molecular weight excluding hydrogens is 272 g/mol. The number of rotatable bonds is 5. The number of aryl methyl sites for hydroxylation is 1. The van der Waals surface area contributed by atoms with E-state index in [0.29, 0.717) is 10.8 Å². The molecule has 0 unspecified atom stereocenters. The van der Waals surface area contributed by atoms with Crippen LogP contribution in [-0.2, 0) is 17.8 Å². The van der Waals surface area contributed by atoms with Gasteiger partial charge in [-0.25, -0.2) is 0 Å². The largest absolute Gasteiger partial charge is 0.352 e. The maximum atomic E-state index is 12.2. The summed E-state index contributed by atoms with van der Waals surface area (Å²) in [6, 6.07) is 0.334. The third kappa shape index (κ3) is 4.16. The molecule has 0 aromatic carbocycles. The Morgan fingerprint density at radius 1 is 1.40 bits per heavy atom. The molecule has 0 bridgehead atoms. The number of nitrogens with one attached hydrogen (secondary N) is 2. The minimum Gasteiger partial charge on any atom is -0.352 e. The van der Waals surface area contributed by atoms with Gasteiger partial charge in [0.25, 0.3) is 0 Å². The molecule has 1 aromatic heterocycles. The molecule has 0 atom stereocenters. The van der Waals surface area contributed by atoms with E-state index in [1.54, 1.807) is 0 Å². The van der Waals surface area contributed by atoms with Crippen molar-refractivity contribution in [2.24, 2.45) is 0 Å². The van der Waals surface area contributed by atoms with Gasteiger partial charge in [-0.1, -0.05) is 32.6 Å². The first-order valence-electron chi connectivity index (χ1n) is 7.64. The Bertz CT molecular complexity index is 486. The van der Waals surface area contributed by atoms with E-state index < -0.39 is 0 Å². The summed E-state index contributed by atoms with van der Waals surface area (Å²) in [6.07, 6.45) is 9.05. The fourth-order valence-corrected chi connectivity index (χ4v) is 2.98. The van der Waals surface area contributed by atoms with Crippen molar-refractivity contribution < 1.29 is 4.79 Å². The second-order valence-electron chi connectivity index (χ2n) is 5.54. The maximum Gasteiger partial charge on any atom is 0.240 e. The zero-order chi connectivity index (χ0) is 14.4. The number of carbonyl (C=O) groups excluding carboxylic acids is 1. The van der Waals surface area contributed by atoms with Gasteiger partial charge in [0, 0.05) is 12.5 Å². The number of carbonyl (C=O) groups is 1. The van der Waals surface area contributed by atoms with Crippen LogP contribution in [0.3, 0.4) is 0 Å². The summed E-state index contributed by atoms with van der Waals surface area (Å²) in [5.74, 6) is 0.917. The zero-order valence-electron chi connectivity index (χ0n) is 12.2. The molecule has 2 rings (SSSR count). The molecule has 1 aliphatic rings. The van der Waals surface area contributed by atoms with E-state index in [1.165, 1.54) is 25.7 Å². The molecule has 0 aliphatic heterocycles. The Labute approximate surface area is 125 Å². The first kappa shape index (κ1) is 15.2. The SMILES string of the molecule is CCCc1n[nH]c(=S)n1CC(=O)NC1CCCCCC1. The summed E-state index contributed by atoms with van der Waals surface area (Å²) in [7, 11) is 0. The monoisotopic (exact) mass is 296 g/mol. The molecule has 6 heteroatoms. The van der Waals surface area contributed by atoms with E-state index in [0.717, 1.165) is 31.5 Å². The van der Waals surface area contributed by atoms with Gasteiger partial charge in [-0.15, -0.1) is 0 Å². The molecular formula is C14H24N4OS. The van der Waals surface area contributed by atoms with Crippen molar-refractivity contribution in [1.82, 2.24) is 20.1 Å². The summed E-state index contributed by atoms with van der Waals surface area (Å²) in [4.78, 5) is 12.2. The van der Waals surface area contributed by atoms with Gasteiger partial charge in [0.05, 0.1) is 0 Å². The van der Waals surface area contributed by atoms with Crippen LogP contribution >= 0.6 is 12.2 Å². The van der Waals surface area contributed by atoms with Crippen LogP contribution in [-0.4, -0.2) is 26.7 Å². The molecule has 1 fully saturated rings. The molecule has 5 nitrogen and oxygen atoms in total. The Kier molecular flexibility index (Phi) is 5.76. The Morgan fingerprint density at radius 2 is 2.10 bits per heavy atom. The molecule has 1 heterocycles. The standard InChI is InChI=1S/C14H24N4OS/c1-2-7-12-16-17-14(20)18(12)10-13(19)15-11-8-5-3-4-6-9-11/h11H,2-10H2,1H3,(H,15,19)(H,17,20). The lowest BCUT2D eigenvalue weighted by atomic mass is 10.1. The number of amides is 1. The van der Waals surface area contributed by atoms with Crippen LogP contribution in [0.15, 0.2) is 0 Å². The molecule has 1 aromatic rings. The normalized spacial score (nSPS) is 16.9. The molecule has 1 saturated carbocycles. The molecule has 2 N–H and O–H groups in total. The van der Waals surface area contributed by atoms with Crippen molar-refractivity contribution in [3.63, 3.8) is 0 Å². The van der Waals surface area contributed by atoms with Gasteiger partial charge in [-0.05, 0) is 31.5 Å². The highest BCUT2D eigenvalue weighted by Gasteiger charge is 2.16. The van der Waals surface area contributed by atoms with E-state index in [9.17, 15) is 4.79 Å². The molecule has 0 spiro atoms. The highest BCUT2D eigenvalue weighted by Crippen LogP contribution is 2.17. The minimum absolute atomic E-state index is 0.0479. The van der Waals surface area contributed by atoms with Crippen molar-refractivity contribution in [2.45, 2.75) is 70.9 Å². The Hall–Kier alpha value is -1.17. The number of nitrogens with zero attached hydrogens (tertiary/aromatic N) is 2. The first-order chi connectivity index (χ1) is 9.70. The maximum absolute atomic E-state index is 12.2. The molecule has 1 amide bonds. The topological polar surface area (TPSA) is 62.7 Å². The average Bonchev–Trinajstić information content (AvgIpc) is 2.65. The van der Waals surface area contributed by atoms with Crippen molar-refractivity contribution in [1.29, 1.82) is 0 Å². The first-order valence-corrected chi connectivity index (χ1v) is 8.05. The minimum atomic E-state index is 0.0479. The lowest BCUT2D eigenvalue weighted by Crippen LogP contribution is -2.37. The molecule has 20 heavy (non-hydrogen) atoms. The fourth-order valence-electron chi connectivity index (χ4n) is 2.77. The number of H-pyrrole nitrogens is 1. The molecule has 112 valence electrons. The number of hydrogen-bond donors (Lipinski definition) is 2. The third-order valence-corrected chi connectivity index (χ3v) is 4.14. The van der Waals surface area contributed by atoms with E-state index in [-0.39, 0.29) is 12.5 Å². The van der Waals surface area contributed by atoms with Gasteiger partial charge in [-0.3, -0.25) is 14.5 Å². The van der Waals surface area contributed by atoms with E-state index in [2.05, 4.69) is 22.4 Å². The zero-order valence-corrected chi connectivity index (χ0v) is 13.0. The van der Waals surface area contributed by atoms with Crippen molar-refractivity contribution >= 4 is 18.1 Å². The fraction of sp³-hybridized carbons (Fsp3) is 0.786. The van der Waals surface area contributed by atoms with E-state index >= 15 is 0 Å². The summed E-state index contributed by atoms with van der Waals surface area (Å²) < 4.78 is 2.34. The van der Waals surface area contributed by atoms with Gasteiger partial charge in [0.1, 0.15) is 12.4 Å². The predicted molar refractivity (Wildman–Crippen MR) is 81.0 cm³/mol. The average molecular weight is 296 g/mol. The number of aromatic amines is 1. The Balaban J connectivity index is 1.93. The van der Waals surface area contributed by atoms with Crippen molar-refractivity contribution in [3.8, 4) is 0 Å². The van der Waals surface area contributed by atoms with Crippen LogP contribution in [0.1, 0.15) is 57.7 Å². The quantitative estimate of drug-likeness (QED) is 0.648. The summed E-state index contributed by atoms with van der Waals surface area (Å²) in [6.45, 7) is 2.37. The summed E-state index contributed by atoms with van der Waals surface area (Å²) in [5.41, 5.74) is 0. The van der Waals surface area contributed by atoms with Crippen LogP contribution in [0.25, 0.3) is 0 Å². The second-order valence-corrected chi connectivity index (χ2v) is 5.92. The van der Waals surface area contributed by atoms with Crippen LogP contribution < -0.4 is 5.32 Å². The summed E-state index contributed by atoms with van der Waals surface area (Å²) in [5, 5.41) is 10.1. The second kappa shape index (κ2) is 7.57.